The van der Waals surface area contributed by atoms with Gasteiger partial charge in [-0.3, -0.25) is 4.79 Å². The molecular weight excluding hydrogens is 264 g/mol. The van der Waals surface area contributed by atoms with Crippen molar-refractivity contribution in [3.63, 3.8) is 0 Å². The maximum Gasteiger partial charge on any atom is 0.251 e. The van der Waals surface area contributed by atoms with Crippen LogP contribution in [-0.2, 0) is 0 Å². The number of ether oxygens (including phenoxy) is 1. The number of hydrogen-bond acceptors (Lipinski definition) is 3. The van der Waals surface area contributed by atoms with Gasteiger partial charge in [-0.25, -0.2) is 0 Å². The predicted molar refractivity (Wildman–Crippen MR) is 75.8 cm³/mol. The Balaban J connectivity index is 2.24. The summed E-state index contributed by atoms with van der Waals surface area (Å²) < 4.78 is 5.62. The molecule has 1 amide bonds. The highest BCUT2D eigenvalue weighted by Gasteiger charge is 2.08. The van der Waals surface area contributed by atoms with Gasteiger partial charge in [0, 0.05) is 17.6 Å². The number of carbonyl (C=O) groups is 1. The molecule has 0 aliphatic rings. The van der Waals surface area contributed by atoms with Crippen LogP contribution in [0.3, 0.4) is 0 Å². The Morgan fingerprint density at radius 3 is 2.68 bits per heavy atom. The summed E-state index contributed by atoms with van der Waals surface area (Å²) in [5.74, 6) is 0.878. The van der Waals surface area contributed by atoms with Gasteiger partial charge in [0.15, 0.2) is 0 Å². The van der Waals surface area contributed by atoms with Gasteiger partial charge < -0.3 is 15.8 Å². The summed E-state index contributed by atoms with van der Waals surface area (Å²) in [4.78, 5) is 11.5. The summed E-state index contributed by atoms with van der Waals surface area (Å²) in [6.45, 7) is 0. The number of benzene rings is 2. The van der Waals surface area contributed by atoms with Crippen LogP contribution in [0.5, 0.6) is 11.5 Å². The number of anilines is 1. The monoisotopic (exact) mass is 276 g/mol. The number of hydrogen-bond donors (Lipinski definition) is 2. The fraction of sp³-hybridized carbons (Fsp3) is 0.0714. The van der Waals surface area contributed by atoms with E-state index >= 15 is 0 Å². The summed E-state index contributed by atoms with van der Waals surface area (Å²) in [7, 11) is 1.56. The first-order valence-electron chi connectivity index (χ1n) is 5.65. The van der Waals surface area contributed by atoms with Gasteiger partial charge in [0.25, 0.3) is 5.91 Å². The van der Waals surface area contributed by atoms with Crippen LogP contribution in [0.1, 0.15) is 10.4 Å². The van der Waals surface area contributed by atoms with E-state index in [1.165, 1.54) is 0 Å². The third-order valence-corrected chi connectivity index (χ3v) is 2.76. The van der Waals surface area contributed by atoms with Crippen LogP contribution in [0.15, 0.2) is 42.5 Å². The second-order valence-corrected chi connectivity index (χ2v) is 4.33. The summed E-state index contributed by atoms with van der Waals surface area (Å²) in [6.07, 6.45) is 0. The minimum atomic E-state index is -0.194. The molecule has 2 aromatic rings. The van der Waals surface area contributed by atoms with Gasteiger partial charge in [0.2, 0.25) is 0 Å². The van der Waals surface area contributed by atoms with Crippen molar-refractivity contribution in [1.82, 2.24) is 5.32 Å². The highest BCUT2D eigenvalue weighted by molar-refractivity contribution is 6.30. The first-order chi connectivity index (χ1) is 9.10. The van der Waals surface area contributed by atoms with E-state index in [4.69, 9.17) is 22.1 Å². The fourth-order valence-corrected chi connectivity index (χ4v) is 1.76. The van der Waals surface area contributed by atoms with Crippen LogP contribution in [0.25, 0.3) is 0 Å². The Morgan fingerprint density at radius 2 is 2.05 bits per heavy atom. The van der Waals surface area contributed by atoms with E-state index in [1.54, 1.807) is 49.5 Å². The van der Waals surface area contributed by atoms with Crippen LogP contribution in [0.2, 0.25) is 5.02 Å². The molecule has 0 atom stereocenters. The van der Waals surface area contributed by atoms with Crippen molar-refractivity contribution in [3.05, 3.63) is 53.1 Å². The van der Waals surface area contributed by atoms with E-state index in [0.29, 0.717) is 27.8 Å². The number of rotatable bonds is 3. The molecule has 0 radical (unpaired) electrons. The molecule has 0 saturated heterocycles. The van der Waals surface area contributed by atoms with Crippen LogP contribution in [0, 0.1) is 0 Å². The van der Waals surface area contributed by atoms with Gasteiger partial charge in [-0.05, 0) is 36.4 Å². The van der Waals surface area contributed by atoms with Crippen LogP contribution >= 0.6 is 11.6 Å². The molecule has 2 rings (SSSR count). The molecule has 3 N–H and O–H groups in total. The van der Waals surface area contributed by atoms with Crippen molar-refractivity contribution in [3.8, 4) is 11.5 Å². The second kappa shape index (κ2) is 5.63. The molecule has 0 aliphatic heterocycles. The molecule has 4 nitrogen and oxygen atoms in total. The van der Waals surface area contributed by atoms with Crippen molar-refractivity contribution in [1.29, 1.82) is 0 Å². The number of nitrogens with one attached hydrogen (secondary N) is 1. The van der Waals surface area contributed by atoms with E-state index < -0.39 is 0 Å². The zero-order valence-corrected chi connectivity index (χ0v) is 11.1. The Labute approximate surface area is 116 Å². The summed E-state index contributed by atoms with van der Waals surface area (Å²) in [6, 6.07) is 11.9. The van der Waals surface area contributed by atoms with Gasteiger partial charge in [0.05, 0.1) is 5.69 Å². The molecular formula is C14H13ClN2O2. The Kier molecular flexibility index (Phi) is 3.92. The molecule has 0 spiro atoms. The highest BCUT2D eigenvalue weighted by Crippen LogP contribution is 2.29. The van der Waals surface area contributed by atoms with Gasteiger partial charge in [-0.1, -0.05) is 17.7 Å². The minimum absolute atomic E-state index is 0.194. The zero-order valence-electron chi connectivity index (χ0n) is 10.3. The second-order valence-electron chi connectivity index (χ2n) is 3.89. The van der Waals surface area contributed by atoms with E-state index in [1.807, 2.05) is 0 Å². The number of nitrogens with two attached hydrogens (primary N) is 1. The first kappa shape index (κ1) is 13.2. The minimum Gasteiger partial charge on any atom is -0.455 e. The lowest BCUT2D eigenvalue weighted by Crippen LogP contribution is -2.17. The van der Waals surface area contributed by atoms with Crippen LogP contribution < -0.4 is 15.8 Å². The van der Waals surface area contributed by atoms with Gasteiger partial charge in [-0.15, -0.1) is 0 Å². The molecule has 0 aliphatic carbocycles. The van der Waals surface area contributed by atoms with E-state index in [0.717, 1.165) is 0 Å². The Morgan fingerprint density at radius 1 is 1.26 bits per heavy atom. The quantitative estimate of drug-likeness (QED) is 0.847. The van der Waals surface area contributed by atoms with Gasteiger partial charge >= 0.3 is 0 Å². The third kappa shape index (κ3) is 3.17. The van der Waals surface area contributed by atoms with Crippen molar-refractivity contribution in [2.24, 2.45) is 0 Å². The Hall–Kier alpha value is -2.20. The topological polar surface area (TPSA) is 64.3 Å². The van der Waals surface area contributed by atoms with Gasteiger partial charge in [-0.2, -0.15) is 0 Å². The van der Waals surface area contributed by atoms with Crippen molar-refractivity contribution < 1.29 is 9.53 Å². The van der Waals surface area contributed by atoms with Crippen LogP contribution in [-0.4, -0.2) is 13.0 Å². The van der Waals surface area contributed by atoms with E-state index in [-0.39, 0.29) is 5.91 Å². The molecule has 0 unspecified atom stereocenters. The summed E-state index contributed by atoms with van der Waals surface area (Å²) in [5, 5.41) is 3.11. The number of halogens is 1. The normalized spacial score (nSPS) is 10.0. The highest BCUT2D eigenvalue weighted by atomic mass is 35.5. The SMILES string of the molecule is CNC(=O)c1ccc(Oc2cccc(Cl)c2)c(N)c1. The number of amides is 1. The van der Waals surface area contributed by atoms with E-state index in [9.17, 15) is 4.79 Å². The number of carbonyl (C=O) groups excluding carboxylic acids is 1. The molecule has 0 heterocycles. The number of nitrogen functional groups attached to an aromatic ring is 1. The third-order valence-electron chi connectivity index (χ3n) is 2.52. The molecule has 2 aromatic carbocycles. The average Bonchev–Trinajstić information content (AvgIpc) is 2.40. The standard InChI is InChI=1S/C14H13ClN2O2/c1-17-14(18)9-5-6-13(12(16)7-9)19-11-4-2-3-10(15)8-11/h2-8H,16H2,1H3,(H,17,18). The lowest BCUT2D eigenvalue weighted by molar-refractivity contribution is 0.0963. The lowest BCUT2D eigenvalue weighted by atomic mass is 10.2. The van der Waals surface area contributed by atoms with Crippen LogP contribution in [0.4, 0.5) is 5.69 Å². The Bertz CT molecular complexity index is 614. The molecule has 0 aromatic heterocycles. The van der Waals surface area contributed by atoms with Gasteiger partial charge in [0.1, 0.15) is 11.5 Å². The van der Waals surface area contributed by atoms with Crippen molar-refractivity contribution in [2.45, 2.75) is 0 Å². The molecule has 5 heteroatoms. The molecule has 0 saturated carbocycles. The largest absolute Gasteiger partial charge is 0.455 e. The fourth-order valence-electron chi connectivity index (χ4n) is 1.58. The molecule has 0 bridgehead atoms. The predicted octanol–water partition coefficient (Wildman–Crippen LogP) is 3.07. The maximum atomic E-state index is 11.5. The lowest BCUT2D eigenvalue weighted by Gasteiger charge is -2.10. The van der Waals surface area contributed by atoms with E-state index in [2.05, 4.69) is 5.32 Å². The molecule has 98 valence electrons. The zero-order chi connectivity index (χ0) is 13.8. The smallest absolute Gasteiger partial charge is 0.251 e. The summed E-state index contributed by atoms with van der Waals surface area (Å²) >= 11 is 5.87. The first-order valence-corrected chi connectivity index (χ1v) is 6.03. The summed E-state index contributed by atoms with van der Waals surface area (Å²) in [5.41, 5.74) is 6.74. The van der Waals surface area contributed by atoms with Crippen molar-refractivity contribution in [2.75, 3.05) is 12.8 Å². The average molecular weight is 277 g/mol. The van der Waals surface area contributed by atoms with Crippen molar-refractivity contribution >= 4 is 23.2 Å². The molecule has 19 heavy (non-hydrogen) atoms. The molecule has 0 fully saturated rings. The maximum absolute atomic E-state index is 11.5.